The molecule has 0 radical (unpaired) electrons. The van der Waals surface area contributed by atoms with Gasteiger partial charge in [0, 0.05) is 16.7 Å². The Bertz CT molecular complexity index is 2830. The van der Waals surface area contributed by atoms with Gasteiger partial charge >= 0.3 is 0 Å². The lowest BCUT2D eigenvalue weighted by molar-refractivity contribution is -0.389. The molecule has 4 heterocycles. The van der Waals surface area contributed by atoms with Crippen LogP contribution in [0.15, 0.2) is 182 Å². The van der Waals surface area contributed by atoms with Gasteiger partial charge in [-0.3, -0.25) is 0 Å². The monoisotopic (exact) mass is 989 g/mol. The molecule has 3 saturated heterocycles. The van der Waals surface area contributed by atoms with Crippen molar-refractivity contribution in [2.75, 3.05) is 20.3 Å². The molecule has 7 aromatic carbocycles. The number of hydrogen-bond donors (Lipinski definition) is 3. The third kappa shape index (κ3) is 10.8. The van der Waals surface area contributed by atoms with Crippen LogP contribution in [0.1, 0.15) is 52.1 Å². The van der Waals surface area contributed by atoms with Crippen molar-refractivity contribution in [3.05, 3.63) is 215 Å². The second-order valence-electron chi connectivity index (χ2n) is 18.7. The molecule has 0 spiro atoms. The van der Waals surface area contributed by atoms with E-state index in [1.165, 1.54) is 4.90 Å². The number of aliphatic hydroxyl groups is 3. The highest BCUT2D eigenvalue weighted by atomic mass is 16.8. The van der Waals surface area contributed by atoms with E-state index in [4.69, 9.17) is 47.4 Å². The van der Waals surface area contributed by atoms with E-state index in [-0.39, 0.29) is 33.0 Å². The summed E-state index contributed by atoms with van der Waals surface area (Å²) in [6.45, 7) is 0.527. The van der Waals surface area contributed by atoms with Gasteiger partial charge in [-0.15, -0.1) is 0 Å². The lowest BCUT2D eigenvalue weighted by Crippen LogP contribution is -2.69. The summed E-state index contributed by atoms with van der Waals surface area (Å²) in [6, 6.07) is 56.4. The summed E-state index contributed by atoms with van der Waals surface area (Å²) in [5, 5.41) is 39.5. The Morgan fingerprint density at radius 1 is 0.548 bits per heavy atom. The Labute approximate surface area is 424 Å². The first-order valence-electron chi connectivity index (χ1n) is 24.7. The Balaban J connectivity index is 0.971. The standard InChI is InChI=1S/C59H59NO13/c1-64-43-27-29-44(30-28-43)69-58-49(60-55(62)45-23-13-14-24-46(45)56(60)63)53(66-33-38-17-7-3-8-18-38)51(47(70-58)35-65-32-37-15-5-2-6-16-37)73-59-50(61)54(67-34-39-25-26-40-19-11-12-22-42(40)31-39)52-48(71-59)36-68-57(72-52)41-20-9-4-10-21-41/h2-31,47-59,61-63H,32-36H2,1H3/t47-,48-,49-,50-,51-,52-,53-,54-,55?,56?,57?,58-,59+/m1/s1. The van der Waals surface area contributed by atoms with Gasteiger partial charge < -0.3 is 62.7 Å². The second-order valence-corrected chi connectivity index (χ2v) is 18.7. The Morgan fingerprint density at radius 2 is 1.15 bits per heavy atom. The molecule has 0 saturated carbocycles. The van der Waals surface area contributed by atoms with Crippen LogP contribution < -0.4 is 9.47 Å². The van der Waals surface area contributed by atoms with Crippen molar-refractivity contribution in [1.29, 1.82) is 0 Å². The number of aliphatic hydroxyl groups excluding tert-OH is 3. The Morgan fingerprint density at radius 3 is 1.85 bits per heavy atom. The number of ether oxygens (including phenoxy) is 10. The fraction of sp³-hybridized carbons (Fsp3) is 0.322. The molecule has 13 atom stereocenters. The van der Waals surface area contributed by atoms with Gasteiger partial charge in [-0.25, -0.2) is 4.90 Å². The van der Waals surface area contributed by atoms with Gasteiger partial charge in [-0.2, -0.15) is 0 Å². The summed E-state index contributed by atoms with van der Waals surface area (Å²) >= 11 is 0. The van der Waals surface area contributed by atoms with Crippen molar-refractivity contribution < 1.29 is 62.7 Å². The fourth-order valence-electron chi connectivity index (χ4n) is 10.3. The predicted molar refractivity (Wildman–Crippen MR) is 267 cm³/mol. The Kier molecular flexibility index (Phi) is 15.2. The number of nitrogens with zero attached hydrogens (tertiary/aromatic N) is 1. The first-order valence-corrected chi connectivity index (χ1v) is 24.7. The molecule has 3 N–H and O–H groups in total. The smallest absolute Gasteiger partial charge is 0.218 e. The maximum Gasteiger partial charge on any atom is 0.218 e. The van der Waals surface area contributed by atoms with Crippen LogP contribution >= 0.6 is 0 Å². The number of benzene rings is 7. The molecule has 0 aliphatic carbocycles. The zero-order chi connectivity index (χ0) is 49.7. The molecule has 378 valence electrons. The van der Waals surface area contributed by atoms with E-state index in [0.717, 1.165) is 33.0 Å². The maximum atomic E-state index is 12.7. The molecule has 11 rings (SSSR count). The van der Waals surface area contributed by atoms with E-state index in [9.17, 15) is 15.3 Å². The molecular weight excluding hydrogens is 931 g/mol. The molecule has 14 nitrogen and oxygen atoms in total. The van der Waals surface area contributed by atoms with E-state index < -0.39 is 80.1 Å². The largest absolute Gasteiger partial charge is 0.497 e. The molecule has 4 aliphatic rings. The minimum Gasteiger partial charge on any atom is -0.497 e. The summed E-state index contributed by atoms with van der Waals surface area (Å²) < 4.78 is 66.5. The number of rotatable bonds is 17. The van der Waals surface area contributed by atoms with E-state index >= 15 is 0 Å². The van der Waals surface area contributed by atoms with Crippen LogP contribution in [0.25, 0.3) is 10.8 Å². The van der Waals surface area contributed by atoms with Gasteiger partial charge in [0.05, 0.1) is 40.1 Å². The SMILES string of the molecule is COc1ccc(O[C@@H]2O[C@H](COCc3ccccc3)[C@@H](O[C@@H]3O[C@@H]4COC(c5ccccc5)O[C@H]4[C@H](OCc4ccc5ccccc5c4)[C@H]3O)[C@H](OCc3ccccc3)[C@H]2N2C(O)c3ccccc3C2O)cc1. The highest BCUT2D eigenvalue weighted by Crippen LogP contribution is 2.46. The number of methoxy groups -OCH3 is 1. The number of fused-ring (bicyclic) bond motifs is 3. The molecule has 4 aliphatic heterocycles. The first-order chi connectivity index (χ1) is 35.9. The first kappa shape index (κ1) is 49.1. The van der Waals surface area contributed by atoms with E-state index in [0.29, 0.717) is 22.6 Å². The highest BCUT2D eigenvalue weighted by Gasteiger charge is 2.58. The zero-order valence-electron chi connectivity index (χ0n) is 40.2. The molecule has 0 amide bonds. The minimum absolute atomic E-state index is 0.0347. The van der Waals surface area contributed by atoms with Crippen LogP contribution in [0.3, 0.4) is 0 Å². The third-order valence-electron chi connectivity index (χ3n) is 14.0. The lowest BCUT2D eigenvalue weighted by Gasteiger charge is -2.52. The maximum absolute atomic E-state index is 12.7. The van der Waals surface area contributed by atoms with Crippen LogP contribution in [-0.4, -0.2) is 102 Å². The van der Waals surface area contributed by atoms with Gasteiger partial charge in [-0.1, -0.05) is 152 Å². The van der Waals surface area contributed by atoms with E-state index in [1.54, 1.807) is 43.5 Å². The molecule has 3 fully saturated rings. The molecule has 0 aromatic heterocycles. The quantitative estimate of drug-likeness (QED) is 0.0801. The van der Waals surface area contributed by atoms with Gasteiger partial charge in [0.1, 0.15) is 72.7 Å². The van der Waals surface area contributed by atoms with Crippen LogP contribution in [0.2, 0.25) is 0 Å². The summed E-state index contributed by atoms with van der Waals surface area (Å²) in [5.74, 6) is 1.05. The van der Waals surface area contributed by atoms with Crippen molar-refractivity contribution in [3.63, 3.8) is 0 Å². The van der Waals surface area contributed by atoms with Gasteiger partial charge in [-0.05, 0) is 57.8 Å². The van der Waals surface area contributed by atoms with Crippen LogP contribution in [0.4, 0.5) is 0 Å². The summed E-state index contributed by atoms with van der Waals surface area (Å²) in [4.78, 5) is 1.53. The molecule has 7 aromatic rings. The van der Waals surface area contributed by atoms with E-state index in [1.807, 2.05) is 127 Å². The second kappa shape index (κ2) is 22.6. The third-order valence-corrected chi connectivity index (χ3v) is 14.0. The zero-order valence-corrected chi connectivity index (χ0v) is 40.2. The lowest BCUT2D eigenvalue weighted by atomic mass is 9.93. The molecule has 0 bridgehead atoms. The van der Waals surface area contributed by atoms with Gasteiger partial charge in [0.25, 0.3) is 0 Å². The fourth-order valence-corrected chi connectivity index (χ4v) is 10.3. The summed E-state index contributed by atoms with van der Waals surface area (Å²) in [5.41, 5.74) is 4.53. The van der Waals surface area contributed by atoms with Crippen LogP contribution in [0, 0.1) is 0 Å². The highest BCUT2D eigenvalue weighted by molar-refractivity contribution is 5.82. The Hall–Kier alpha value is -6.08. The molecular formula is C59H59NO13. The number of hydrogen-bond acceptors (Lipinski definition) is 14. The molecule has 14 heteroatoms. The summed E-state index contributed by atoms with van der Waals surface area (Å²) in [7, 11) is 1.58. The van der Waals surface area contributed by atoms with Crippen molar-refractivity contribution in [3.8, 4) is 11.5 Å². The normalized spacial score (nSPS) is 29.1. The van der Waals surface area contributed by atoms with Crippen LogP contribution in [-0.2, 0) is 57.7 Å². The van der Waals surface area contributed by atoms with Gasteiger partial charge in [0.2, 0.25) is 6.29 Å². The van der Waals surface area contributed by atoms with Crippen molar-refractivity contribution in [1.82, 2.24) is 4.90 Å². The average molecular weight is 990 g/mol. The average Bonchev–Trinajstić information content (AvgIpc) is 3.69. The van der Waals surface area contributed by atoms with Crippen molar-refractivity contribution in [2.45, 2.75) is 99.9 Å². The van der Waals surface area contributed by atoms with E-state index in [2.05, 4.69) is 18.2 Å². The van der Waals surface area contributed by atoms with Crippen LogP contribution in [0.5, 0.6) is 11.5 Å². The molecule has 3 unspecified atom stereocenters. The van der Waals surface area contributed by atoms with Crippen molar-refractivity contribution >= 4 is 10.8 Å². The molecule has 73 heavy (non-hydrogen) atoms. The minimum atomic E-state index is -1.43. The van der Waals surface area contributed by atoms with Gasteiger partial charge in [0.15, 0.2) is 12.6 Å². The van der Waals surface area contributed by atoms with Crippen molar-refractivity contribution in [2.24, 2.45) is 0 Å². The summed E-state index contributed by atoms with van der Waals surface area (Å²) in [6.07, 6.45) is -13.1. The predicted octanol–water partition coefficient (Wildman–Crippen LogP) is 8.29. The topological polar surface area (TPSA) is 156 Å².